The number of carboxylic acids is 1. The predicted molar refractivity (Wildman–Crippen MR) is 61.5 cm³/mol. The van der Waals surface area contributed by atoms with E-state index < -0.39 is 27.1 Å². The average Bonchev–Trinajstić information content (AvgIpc) is 2.80. The highest BCUT2D eigenvalue weighted by molar-refractivity contribution is 7.92. The molecule has 0 radical (unpaired) electrons. The Hall–Kier alpha value is -1.40. The Labute approximate surface area is 99.4 Å². The average molecular weight is 255 g/mol. The van der Waals surface area contributed by atoms with Crippen molar-refractivity contribution in [2.75, 3.05) is 6.54 Å². The number of benzene rings is 1. The van der Waals surface area contributed by atoms with Crippen molar-refractivity contribution in [1.82, 2.24) is 5.32 Å². The second kappa shape index (κ2) is 4.46. The van der Waals surface area contributed by atoms with Crippen LogP contribution in [0.4, 0.5) is 0 Å². The third-order valence-electron chi connectivity index (χ3n) is 2.90. The molecule has 17 heavy (non-hydrogen) atoms. The fraction of sp³-hybridized carbons (Fsp3) is 0.364. The van der Waals surface area contributed by atoms with Crippen LogP contribution < -0.4 is 5.32 Å². The van der Waals surface area contributed by atoms with Gasteiger partial charge in [0.15, 0.2) is 9.84 Å². The molecule has 6 heteroatoms. The van der Waals surface area contributed by atoms with E-state index in [2.05, 4.69) is 5.32 Å². The Morgan fingerprint density at radius 1 is 1.29 bits per heavy atom. The molecule has 1 aliphatic rings. The van der Waals surface area contributed by atoms with Gasteiger partial charge in [0.1, 0.15) is 6.04 Å². The van der Waals surface area contributed by atoms with E-state index in [0.717, 1.165) is 0 Å². The molecular formula is C11H13NO4S. The van der Waals surface area contributed by atoms with E-state index in [0.29, 0.717) is 0 Å². The van der Waals surface area contributed by atoms with Gasteiger partial charge >= 0.3 is 5.97 Å². The second-order valence-corrected chi connectivity index (χ2v) is 6.24. The summed E-state index contributed by atoms with van der Waals surface area (Å²) in [4.78, 5) is 11.0. The van der Waals surface area contributed by atoms with Crippen molar-refractivity contribution in [3.8, 4) is 0 Å². The molecule has 1 saturated heterocycles. The van der Waals surface area contributed by atoms with Gasteiger partial charge in [0.25, 0.3) is 0 Å². The van der Waals surface area contributed by atoms with Gasteiger partial charge in [-0.2, -0.15) is 0 Å². The zero-order valence-electron chi connectivity index (χ0n) is 9.04. The zero-order chi connectivity index (χ0) is 12.5. The molecule has 2 atom stereocenters. The first-order chi connectivity index (χ1) is 8.01. The molecule has 0 saturated carbocycles. The summed E-state index contributed by atoms with van der Waals surface area (Å²) in [6, 6.07) is 7.35. The van der Waals surface area contributed by atoms with Crippen LogP contribution in [-0.2, 0) is 14.6 Å². The molecular weight excluding hydrogens is 242 g/mol. The van der Waals surface area contributed by atoms with Crippen LogP contribution in [0.5, 0.6) is 0 Å². The Morgan fingerprint density at radius 2 is 1.94 bits per heavy atom. The summed E-state index contributed by atoms with van der Waals surface area (Å²) in [5, 5.41) is 10.9. The van der Waals surface area contributed by atoms with Crippen molar-refractivity contribution in [2.24, 2.45) is 0 Å². The van der Waals surface area contributed by atoms with Crippen LogP contribution in [0.25, 0.3) is 0 Å². The lowest BCUT2D eigenvalue weighted by atomic mass is 10.2. The van der Waals surface area contributed by atoms with Gasteiger partial charge < -0.3 is 10.4 Å². The van der Waals surface area contributed by atoms with E-state index in [4.69, 9.17) is 5.11 Å². The van der Waals surface area contributed by atoms with Gasteiger partial charge in [-0.3, -0.25) is 4.79 Å². The van der Waals surface area contributed by atoms with Crippen molar-refractivity contribution in [3.63, 3.8) is 0 Å². The van der Waals surface area contributed by atoms with Crippen molar-refractivity contribution >= 4 is 15.8 Å². The highest BCUT2D eigenvalue weighted by Crippen LogP contribution is 2.22. The molecule has 0 aliphatic carbocycles. The van der Waals surface area contributed by atoms with E-state index >= 15 is 0 Å². The van der Waals surface area contributed by atoms with Crippen LogP contribution >= 0.6 is 0 Å². The summed E-state index contributed by atoms with van der Waals surface area (Å²) >= 11 is 0. The van der Waals surface area contributed by atoms with Crippen molar-refractivity contribution in [3.05, 3.63) is 30.3 Å². The third-order valence-corrected chi connectivity index (χ3v) is 5.07. The number of nitrogens with one attached hydrogen (secondary N) is 1. The van der Waals surface area contributed by atoms with Crippen LogP contribution in [-0.4, -0.2) is 37.3 Å². The van der Waals surface area contributed by atoms with Crippen molar-refractivity contribution in [2.45, 2.75) is 22.6 Å². The lowest BCUT2D eigenvalue weighted by molar-refractivity contribution is -0.139. The lowest BCUT2D eigenvalue weighted by Crippen LogP contribution is -2.30. The number of hydrogen-bond donors (Lipinski definition) is 2. The van der Waals surface area contributed by atoms with E-state index in [1.165, 1.54) is 12.1 Å². The molecule has 0 spiro atoms. The summed E-state index contributed by atoms with van der Waals surface area (Å²) in [5.74, 6) is -1.00. The molecule has 0 amide bonds. The summed E-state index contributed by atoms with van der Waals surface area (Å²) in [6.45, 7) is 0.189. The predicted octanol–water partition coefficient (Wildman–Crippen LogP) is 0.275. The van der Waals surface area contributed by atoms with Crippen LogP contribution in [0.2, 0.25) is 0 Å². The lowest BCUT2D eigenvalue weighted by Gasteiger charge is -2.10. The molecule has 0 bridgehead atoms. The van der Waals surface area contributed by atoms with Crippen LogP contribution in [0.1, 0.15) is 6.42 Å². The first kappa shape index (κ1) is 12.1. The fourth-order valence-corrected chi connectivity index (χ4v) is 3.61. The number of rotatable bonds is 3. The summed E-state index contributed by atoms with van der Waals surface area (Å²) in [5.41, 5.74) is 0. The Bertz CT molecular complexity index is 512. The Kier molecular flexibility index (Phi) is 3.17. The molecule has 1 heterocycles. The van der Waals surface area contributed by atoms with Gasteiger partial charge in [0, 0.05) is 6.54 Å². The van der Waals surface area contributed by atoms with Gasteiger partial charge in [0.2, 0.25) is 0 Å². The second-order valence-electron chi connectivity index (χ2n) is 4.01. The SMILES string of the molecule is O=C(O)C1CC(S(=O)(=O)c2ccccc2)CN1. The van der Waals surface area contributed by atoms with Crippen molar-refractivity contribution in [1.29, 1.82) is 0 Å². The Morgan fingerprint density at radius 3 is 2.47 bits per heavy atom. The first-order valence-corrected chi connectivity index (χ1v) is 6.81. The summed E-state index contributed by atoms with van der Waals surface area (Å²) in [7, 11) is -3.43. The molecule has 1 aliphatic heterocycles. The highest BCUT2D eigenvalue weighted by atomic mass is 32.2. The van der Waals surface area contributed by atoms with Gasteiger partial charge in [-0.05, 0) is 18.6 Å². The minimum absolute atomic E-state index is 0.118. The molecule has 0 aromatic heterocycles. The van der Waals surface area contributed by atoms with Crippen LogP contribution in [0, 0.1) is 0 Å². The minimum atomic E-state index is -3.43. The van der Waals surface area contributed by atoms with E-state index in [1.54, 1.807) is 18.2 Å². The minimum Gasteiger partial charge on any atom is -0.480 e. The smallest absolute Gasteiger partial charge is 0.320 e. The van der Waals surface area contributed by atoms with E-state index in [9.17, 15) is 13.2 Å². The maximum Gasteiger partial charge on any atom is 0.320 e. The number of aliphatic carboxylic acids is 1. The van der Waals surface area contributed by atoms with Crippen molar-refractivity contribution < 1.29 is 18.3 Å². The number of carbonyl (C=O) groups is 1. The summed E-state index contributed by atoms with van der Waals surface area (Å²) < 4.78 is 24.3. The molecule has 2 unspecified atom stereocenters. The largest absolute Gasteiger partial charge is 0.480 e. The normalized spacial score (nSPS) is 24.7. The highest BCUT2D eigenvalue weighted by Gasteiger charge is 2.37. The topological polar surface area (TPSA) is 83.5 Å². The Balaban J connectivity index is 2.22. The number of sulfone groups is 1. The van der Waals surface area contributed by atoms with E-state index in [1.807, 2.05) is 0 Å². The number of hydrogen-bond acceptors (Lipinski definition) is 4. The molecule has 1 fully saturated rings. The van der Waals surface area contributed by atoms with Gasteiger partial charge in [-0.1, -0.05) is 18.2 Å². The molecule has 1 aromatic carbocycles. The molecule has 1 aromatic rings. The van der Waals surface area contributed by atoms with Crippen LogP contribution in [0.15, 0.2) is 35.2 Å². The van der Waals surface area contributed by atoms with Crippen LogP contribution in [0.3, 0.4) is 0 Å². The van der Waals surface area contributed by atoms with E-state index in [-0.39, 0.29) is 17.9 Å². The quantitative estimate of drug-likeness (QED) is 0.810. The molecule has 92 valence electrons. The van der Waals surface area contributed by atoms with Gasteiger partial charge in [-0.15, -0.1) is 0 Å². The third kappa shape index (κ3) is 2.32. The maximum absolute atomic E-state index is 12.2. The fourth-order valence-electron chi connectivity index (χ4n) is 1.93. The van der Waals surface area contributed by atoms with Gasteiger partial charge in [0.05, 0.1) is 10.1 Å². The van der Waals surface area contributed by atoms with Gasteiger partial charge in [-0.25, -0.2) is 8.42 Å². The zero-order valence-corrected chi connectivity index (χ0v) is 9.85. The first-order valence-electron chi connectivity index (χ1n) is 5.27. The molecule has 2 N–H and O–H groups in total. The molecule has 2 rings (SSSR count). The monoisotopic (exact) mass is 255 g/mol. The summed E-state index contributed by atoms with van der Waals surface area (Å²) in [6.07, 6.45) is 0.118. The standard InChI is InChI=1S/C11H13NO4S/c13-11(14)10-6-9(7-12-10)17(15,16)8-4-2-1-3-5-8/h1-5,9-10,12H,6-7H2,(H,13,14). The maximum atomic E-state index is 12.2. The molecule has 5 nitrogen and oxygen atoms in total. The number of carboxylic acid groups (broad SMARTS) is 1.